The number of nitrogens with one attached hydrogen (secondary N) is 1. The van der Waals surface area contributed by atoms with Crippen molar-refractivity contribution in [3.05, 3.63) is 40.5 Å². The first kappa shape index (κ1) is 15.2. The average Bonchev–Trinajstić information content (AvgIpc) is 2.97. The first-order valence-electron chi connectivity index (χ1n) is 7.10. The zero-order chi connectivity index (χ0) is 15.7. The van der Waals surface area contributed by atoms with E-state index in [4.69, 9.17) is 11.6 Å². The van der Waals surface area contributed by atoms with Crippen LogP contribution in [-0.4, -0.2) is 19.9 Å². The number of hydrogen-bond donors (Lipinski definition) is 1. The molecule has 2 aromatic rings. The lowest BCUT2D eigenvalue weighted by Crippen LogP contribution is -2.15. The van der Waals surface area contributed by atoms with Crippen LogP contribution in [0, 0.1) is 0 Å². The molecule has 0 aliphatic carbocycles. The van der Waals surface area contributed by atoms with Gasteiger partial charge in [0.2, 0.25) is 5.91 Å². The van der Waals surface area contributed by atoms with Gasteiger partial charge in [-0.25, -0.2) is 4.68 Å². The molecule has 7 heteroatoms. The Morgan fingerprint density at radius 2 is 2.27 bits per heavy atom. The number of fused-ring (bicyclic) bond motifs is 1. The van der Waals surface area contributed by atoms with Gasteiger partial charge in [0, 0.05) is 27.8 Å². The number of carbonyl (C=O) groups excluding carboxylic acids is 1. The number of benzene rings is 1. The average molecular weight is 338 g/mol. The maximum atomic E-state index is 12.0. The number of rotatable bonds is 4. The van der Waals surface area contributed by atoms with E-state index in [1.54, 1.807) is 16.8 Å². The molecule has 1 aromatic carbocycles. The van der Waals surface area contributed by atoms with Crippen LogP contribution in [0.15, 0.2) is 24.3 Å². The SMILES string of the molecule is CCCC(=O)Nc1c2c(nn1-c1cccc(Cl)c1)CS(=O)C2. The summed E-state index contributed by atoms with van der Waals surface area (Å²) in [5.74, 6) is 1.41. The van der Waals surface area contributed by atoms with Crippen molar-refractivity contribution in [2.75, 3.05) is 5.32 Å². The predicted molar refractivity (Wildman–Crippen MR) is 87.7 cm³/mol. The molecule has 5 nitrogen and oxygen atoms in total. The predicted octanol–water partition coefficient (Wildman–Crippen LogP) is 3.03. The van der Waals surface area contributed by atoms with Crippen LogP contribution in [0.2, 0.25) is 5.02 Å². The van der Waals surface area contributed by atoms with Crippen LogP contribution in [0.25, 0.3) is 5.69 Å². The monoisotopic (exact) mass is 337 g/mol. The molecule has 2 heterocycles. The number of carbonyl (C=O) groups is 1. The number of anilines is 1. The van der Waals surface area contributed by atoms with Crippen LogP contribution in [0.5, 0.6) is 0 Å². The first-order valence-corrected chi connectivity index (χ1v) is 8.96. The van der Waals surface area contributed by atoms with Crippen LogP contribution in [0.1, 0.15) is 31.0 Å². The number of nitrogens with zero attached hydrogens (tertiary/aromatic N) is 2. The lowest BCUT2D eigenvalue weighted by atomic mass is 10.2. The molecule has 3 rings (SSSR count). The third-order valence-corrected chi connectivity index (χ3v) is 4.90. The highest BCUT2D eigenvalue weighted by Crippen LogP contribution is 2.31. The molecule has 0 spiro atoms. The maximum Gasteiger partial charge on any atom is 0.225 e. The van der Waals surface area contributed by atoms with Crippen molar-refractivity contribution in [1.29, 1.82) is 0 Å². The van der Waals surface area contributed by atoms with E-state index in [1.165, 1.54) is 0 Å². The van der Waals surface area contributed by atoms with Gasteiger partial charge in [0.25, 0.3) is 0 Å². The highest BCUT2D eigenvalue weighted by molar-refractivity contribution is 7.83. The van der Waals surface area contributed by atoms with E-state index in [9.17, 15) is 9.00 Å². The lowest BCUT2D eigenvalue weighted by molar-refractivity contribution is -0.116. The van der Waals surface area contributed by atoms with Gasteiger partial charge in [-0.3, -0.25) is 9.00 Å². The fourth-order valence-corrected chi connectivity index (χ4v) is 3.92. The Bertz CT molecular complexity index is 757. The molecule has 1 atom stereocenters. The van der Waals surface area contributed by atoms with Gasteiger partial charge >= 0.3 is 0 Å². The van der Waals surface area contributed by atoms with Gasteiger partial charge in [-0.15, -0.1) is 0 Å². The molecule has 1 aromatic heterocycles. The van der Waals surface area contributed by atoms with Crippen LogP contribution in [-0.2, 0) is 27.1 Å². The number of halogens is 1. The number of amides is 1. The Labute approximate surface area is 136 Å². The van der Waals surface area contributed by atoms with E-state index in [2.05, 4.69) is 10.4 Å². The van der Waals surface area contributed by atoms with Gasteiger partial charge in [0.05, 0.1) is 22.9 Å². The van der Waals surface area contributed by atoms with Crippen molar-refractivity contribution >= 4 is 34.1 Å². The Morgan fingerprint density at radius 1 is 1.45 bits per heavy atom. The molecule has 1 aliphatic heterocycles. The van der Waals surface area contributed by atoms with E-state index in [1.807, 2.05) is 19.1 Å². The second-order valence-corrected chi connectivity index (χ2v) is 7.09. The zero-order valence-corrected chi connectivity index (χ0v) is 13.7. The summed E-state index contributed by atoms with van der Waals surface area (Å²) in [7, 11) is -0.939. The Hall–Kier alpha value is -1.66. The van der Waals surface area contributed by atoms with E-state index in [0.29, 0.717) is 28.8 Å². The maximum absolute atomic E-state index is 12.0. The number of aromatic nitrogens is 2. The van der Waals surface area contributed by atoms with Crippen LogP contribution >= 0.6 is 11.6 Å². The van der Waals surface area contributed by atoms with Gasteiger partial charge in [0.15, 0.2) is 0 Å². The van der Waals surface area contributed by atoms with E-state index in [0.717, 1.165) is 23.4 Å². The summed E-state index contributed by atoms with van der Waals surface area (Å²) >= 11 is 6.04. The molecule has 1 N–H and O–H groups in total. The summed E-state index contributed by atoms with van der Waals surface area (Å²) in [5, 5.41) is 8.03. The van der Waals surface area contributed by atoms with Crippen LogP contribution in [0.3, 0.4) is 0 Å². The smallest absolute Gasteiger partial charge is 0.225 e. The largest absolute Gasteiger partial charge is 0.310 e. The van der Waals surface area contributed by atoms with Crippen molar-refractivity contribution in [2.24, 2.45) is 0 Å². The van der Waals surface area contributed by atoms with Gasteiger partial charge < -0.3 is 5.32 Å². The van der Waals surface area contributed by atoms with Crippen LogP contribution < -0.4 is 5.32 Å². The van der Waals surface area contributed by atoms with Crippen molar-refractivity contribution in [3.8, 4) is 5.69 Å². The van der Waals surface area contributed by atoms with Gasteiger partial charge in [-0.2, -0.15) is 5.10 Å². The molecule has 22 heavy (non-hydrogen) atoms. The van der Waals surface area contributed by atoms with Crippen LogP contribution in [0.4, 0.5) is 5.82 Å². The second-order valence-electron chi connectivity index (χ2n) is 5.19. The van der Waals surface area contributed by atoms with Crippen molar-refractivity contribution in [2.45, 2.75) is 31.3 Å². The minimum atomic E-state index is -0.939. The Kier molecular flexibility index (Phi) is 4.31. The molecule has 0 fully saturated rings. The normalized spacial score (nSPS) is 16.5. The quantitative estimate of drug-likeness (QED) is 0.932. The summed E-state index contributed by atoms with van der Waals surface area (Å²) < 4.78 is 13.4. The minimum absolute atomic E-state index is 0.0637. The summed E-state index contributed by atoms with van der Waals surface area (Å²) in [6.45, 7) is 1.95. The third kappa shape index (κ3) is 2.94. The van der Waals surface area contributed by atoms with E-state index < -0.39 is 10.8 Å². The molecule has 1 aliphatic rings. The van der Waals surface area contributed by atoms with E-state index >= 15 is 0 Å². The second kappa shape index (κ2) is 6.22. The Balaban J connectivity index is 2.05. The first-order chi connectivity index (χ1) is 10.6. The fourth-order valence-electron chi connectivity index (χ4n) is 2.47. The molecule has 116 valence electrons. The Morgan fingerprint density at radius 3 is 3.00 bits per heavy atom. The fraction of sp³-hybridized carbons (Fsp3) is 0.333. The summed E-state index contributed by atoms with van der Waals surface area (Å²) in [4.78, 5) is 12.0. The molecular weight excluding hydrogens is 322 g/mol. The minimum Gasteiger partial charge on any atom is -0.310 e. The molecule has 1 amide bonds. The third-order valence-electron chi connectivity index (χ3n) is 3.46. The van der Waals surface area contributed by atoms with Crippen molar-refractivity contribution in [1.82, 2.24) is 9.78 Å². The van der Waals surface area contributed by atoms with Gasteiger partial charge in [0.1, 0.15) is 5.82 Å². The summed E-state index contributed by atoms with van der Waals surface area (Å²) in [5.41, 5.74) is 2.42. The molecule has 0 saturated carbocycles. The topological polar surface area (TPSA) is 64.0 Å². The summed E-state index contributed by atoms with van der Waals surface area (Å²) in [6, 6.07) is 7.28. The zero-order valence-electron chi connectivity index (χ0n) is 12.1. The molecule has 0 bridgehead atoms. The highest BCUT2D eigenvalue weighted by Gasteiger charge is 2.28. The molecular formula is C15H16ClN3O2S. The molecule has 0 saturated heterocycles. The molecule has 1 unspecified atom stereocenters. The molecule has 0 radical (unpaired) electrons. The van der Waals surface area contributed by atoms with Gasteiger partial charge in [-0.05, 0) is 24.6 Å². The highest BCUT2D eigenvalue weighted by atomic mass is 35.5. The standard InChI is InChI=1S/C15H16ClN3O2S/c1-2-4-14(20)17-15-12-8-22(21)9-13(12)18-19(15)11-6-3-5-10(16)7-11/h3,5-7H,2,4,8-9H2,1H3,(H,17,20). The number of hydrogen-bond acceptors (Lipinski definition) is 3. The van der Waals surface area contributed by atoms with Crippen molar-refractivity contribution < 1.29 is 9.00 Å². The van der Waals surface area contributed by atoms with E-state index in [-0.39, 0.29) is 5.91 Å². The van der Waals surface area contributed by atoms with Gasteiger partial charge in [-0.1, -0.05) is 24.6 Å². The lowest BCUT2D eigenvalue weighted by Gasteiger charge is -2.11. The van der Waals surface area contributed by atoms with Crippen molar-refractivity contribution in [3.63, 3.8) is 0 Å². The summed E-state index contributed by atoms with van der Waals surface area (Å²) in [6.07, 6.45) is 1.21.